The molecule has 0 spiro atoms. The summed E-state index contributed by atoms with van der Waals surface area (Å²) < 4.78 is 0. The highest BCUT2D eigenvalue weighted by molar-refractivity contribution is 6.37. The van der Waals surface area contributed by atoms with Gasteiger partial charge in [0, 0.05) is 11.0 Å². The predicted molar refractivity (Wildman–Crippen MR) is 48.5 cm³/mol. The van der Waals surface area contributed by atoms with Gasteiger partial charge >= 0.3 is 5.97 Å². The van der Waals surface area contributed by atoms with Crippen LogP contribution in [0.5, 0.6) is 0 Å². The van der Waals surface area contributed by atoms with E-state index in [0.717, 1.165) is 0 Å². The molecule has 0 amide bonds. The Morgan fingerprint density at radius 3 is 2.75 bits per heavy atom. The van der Waals surface area contributed by atoms with Crippen LogP contribution >= 0.6 is 23.2 Å². The van der Waals surface area contributed by atoms with E-state index in [4.69, 9.17) is 28.3 Å². The largest absolute Gasteiger partial charge is 0.480 e. The van der Waals surface area contributed by atoms with Crippen molar-refractivity contribution < 1.29 is 9.90 Å². The van der Waals surface area contributed by atoms with Crippen LogP contribution in [0, 0.1) is 5.92 Å². The predicted octanol–water partition coefficient (Wildman–Crippen LogP) is 2.38. The second-order valence-corrected chi connectivity index (χ2v) is 3.81. The molecule has 12 heavy (non-hydrogen) atoms. The van der Waals surface area contributed by atoms with E-state index < -0.39 is 10.8 Å². The smallest absolute Gasteiger partial charge is 0.329 e. The molecule has 0 heterocycles. The monoisotopic (exact) mass is 206 g/mol. The van der Waals surface area contributed by atoms with Gasteiger partial charge in [-0.25, -0.2) is 4.79 Å². The Bertz CT molecular complexity index is 270. The van der Waals surface area contributed by atoms with Crippen molar-refractivity contribution in [2.45, 2.75) is 11.8 Å². The summed E-state index contributed by atoms with van der Waals surface area (Å²) in [6, 6.07) is 0. The number of carbonyl (C=O) groups is 1. The lowest BCUT2D eigenvalue weighted by atomic mass is 9.89. The van der Waals surface area contributed by atoms with Gasteiger partial charge < -0.3 is 5.11 Å². The van der Waals surface area contributed by atoms with Crippen LogP contribution in [-0.2, 0) is 4.79 Å². The van der Waals surface area contributed by atoms with Gasteiger partial charge in [-0.2, -0.15) is 0 Å². The van der Waals surface area contributed by atoms with E-state index in [9.17, 15) is 4.79 Å². The number of hydrogen-bond acceptors (Lipinski definition) is 1. The molecule has 2 nitrogen and oxygen atoms in total. The molecule has 0 bridgehead atoms. The first-order valence-electron chi connectivity index (χ1n) is 3.45. The van der Waals surface area contributed by atoms with E-state index in [2.05, 4.69) is 0 Å². The summed E-state index contributed by atoms with van der Waals surface area (Å²) in [5.74, 6) is -1.34. The third-order valence-electron chi connectivity index (χ3n) is 1.88. The van der Waals surface area contributed by atoms with E-state index in [0.29, 0.717) is 5.03 Å². The molecule has 0 saturated heterocycles. The summed E-state index contributed by atoms with van der Waals surface area (Å²) in [4.78, 5) is 9.40. The maximum absolute atomic E-state index is 10.7. The van der Waals surface area contributed by atoms with E-state index in [1.54, 1.807) is 13.0 Å². The van der Waals surface area contributed by atoms with Crippen LogP contribution in [-0.4, -0.2) is 16.0 Å². The molecule has 0 aliphatic heterocycles. The van der Waals surface area contributed by atoms with E-state index in [1.165, 1.54) is 12.2 Å². The third kappa shape index (κ3) is 1.50. The summed E-state index contributed by atoms with van der Waals surface area (Å²) >= 11 is 11.5. The number of carboxylic acids is 1. The first kappa shape index (κ1) is 9.62. The molecule has 2 atom stereocenters. The Morgan fingerprint density at radius 2 is 2.33 bits per heavy atom. The average Bonchev–Trinajstić information content (AvgIpc) is 1.97. The highest BCUT2D eigenvalue weighted by atomic mass is 35.5. The molecular weight excluding hydrogens is 199 g/mol. The molecule has 1 aliphatic rings. The molecule has 0 radical (unpaired) electrons. The lowest BCUT2D eigenvalue weighted by Crippen LogP contribution is -2.37. The number of carboxylic acid groups (broad SMARTS) is 1. The van der Waals surface area contributed by atoms with Crippen molar-refractivity contribution in [1.82, 2.24) is 0 Å². The van der Waals surface area contributed by atoms with Crippen molar-refractivity contribution in [1.29, 1.82) is 0 Å². The van der Waals surface area contributed by atoms with Crippen molar-refractivity contribution in [3.63, 3.8) is 0 Å². The minimum atomic E-state index is -1.33. The molecule has 0 saturated carbocycles. The minimum absolute atomic E-state index is 0.297. The zero-order chi connectivity index (χ0) is 9.35. The summed E-state index contributed by atoms with van der Waals surface area (Å²) in [6.07, 6.45) is 4.54. The van der Waals surface area contributed by atoms with E-state index >= 15 is 0 Å². The highest BCUT2D eigenvalue weighted by Gasteiger charge is 2.40. The van der Waals surface area contributed by atoms with Gasteiger partial charge in [0.1, 0.15) is 0 Å². The SMILES string of the molecule is CC1C=C(Cl)C=CC1(Cl)C(=O)O. The first-order chi connectivity index (χ1) is 5.47. The lowest BCUT2D eigenvalue weighted by molar-refractivity contribution is -0.139. The minimum Gasteiger partial charge on any atom is -0.480 e. The molecule has 1 rings (SSSR count). The summed E-state index contributed by atoms with van der Waals surface area (Å²) in [5, 5.41) is 9.33. The van der Waals surface area contributed by atoms with Gasteiger partial charge in [0.2, 0.25) is 0 Å². The van der Waals surface area contributed by atoms with Gasteiger partial charge in [-0.15, -0.1) is 11.6 Å². The standard InChI is InChI=1S/C8H8Cl2O2/c1-5-4-6(9)2-3-8(5,10)7(11)12/h2-5H,1H3,(H,11,12). The van der Waals surface area contributed by atoms with Gasteiger partial charge in [0.05, 0.1) is 0 Å². The molecule has 1 N–H and O–H groups in total. The van der Waals surface area contributed by atoms with Crippen LogP contribution in [0.4, 0.5) is 0 Å². The molecular formula is C8H8Cl2O2. The number of hydrogen-bond donors (Lipinski definition) is 1. The normalized spacial score (nSPS) is 34.6. The Kier molecular flexibility index (Phi) is 2.49. The van der Waals surface area contributed by atoms with Crippen molar-refractivity contribution in [3.8, 4) is 0 Å². The van der Waals surface area contributed by atoms with Crippen LogP contribution in [0.25, 0.3) is 0 Å². The van der Waals surface area contributed by atoms with Gasteiger partial charge in [0.25, 0.3) is 0 Å². The second kappa shape index (κ2) is 3.11. The van der Waals surface area contributed by atoms with Crippen LogP contribution < -0.4 is 0 Å². The number of rotatable bonds is 1. The summed E-state index contributed by atoms with van der Waals surface area (Å²) in [6.45, 7) is 1.72. The van der Waals surface area contributed by atoms with Crippen molar-refractivity contribution in [2.75, 3.05) is 0 Å². The quantitative estimate of drug-likeness (QED) is 0.670. The summed E-state index contributed by atoms with van der Waals surface area (Å²) in [7, 11) is 0. The molecule has 0 fully saturated rings. The van der Waals surface area contributed by atoms with Crippen molar-refractivity contribution in [2.24, 2.45) is 5.92 Å². The van der Waals surface area contributed by atoms with Crippen LogP contribution in [0.3, 0.4) is 0 Å². The summed E-state index contributed by atoms with van der Waals surface area (Å²) in [5.41, 5.74) is 0. The average molecular weight is 207 g/mol. The van der Waals surface area contributed by atoms with Crippen molar-refractivity contribution >= 4 is 29.2 Å². The fraction of sp³-hybridized carbons (Fsp3) is 0.375. The number of alkyl halides is 1. The highest BCUT2D eigenvalue weighted by Crippen LogP contribution is 2.34. The molecule has 4 heteroatoms. The zero-order valence-corrected chi connectivity index (χ0v) is 7.93. The Labute approximate surface area is 80.5 Å². The molecule has 2 unspecified atom stereocenters. The van der Waals surface area contributed by atoms with Crippen LogP contribution in [0.1, 0.15) is 6.92 Å². The van der Waals surface area contributed by atoms with Crippen LogP contribution in [0.15, 0.2) is 23.3 Å². The number of allylic oxidation sites excluding steroid dienone is 3. The Balaban J connectivity index is 2.99. The van der Waals surface area contributed by atoms with Gasteiger partial charge in [-0.05, 0) is 6.08 Å². The van der Waals surface area contributed by atoms with Gasteiger partial charge in [0.15, 0.2) is 4.87 Å². The van der Waals surface area contributed by atoms with Crippen molar-refractivity contribution in [3.05, 3.63) is 23.3 Å². The van der Waals surface area contributed by atoms with Gasteiger partial charge in [-0.1, -0.05) is 30.7 Å². The molecule has 0 aromatic carbocycles. The molecule has 66 valence electrons. The second-order valence-electron chi connectivity index (χ2n) is 2.75. The fourth-order valence-electron chi connectivity index (χ4n) is 1.03. The molecule has 0 aromatic rings. The fourth-order valence-corrected chi connectivity index (χ4v) is 1.41. The molecule has 1 aliphatic carbocycles. The zero-order valence-electron chi connectivity index (χ0n) is 6.42. The van der Waals surface area contributed by atoms with Crippen LogP contribution in [0.2, 0.25) is 0 Å². The molecule has 0 aromatic heterocycles. The maximum Gasteiger partial charge on any atom is 0.329 e. The Hall–Kier alpha value is -0.470. The van der Waals surface area contributed by atoms with E-state index in [1.807, 2.05) is 0 Å². The maximum atomic E-state index is 10.7. The number of aliphatic carboxylic acids is 1. The van der Waals surface area contributed by atoms with E-state index in [-0.39, 0.29) is 5.92 Å². The number of halogens is 2. The first-order valence-corrected chi connectivity index (χ1v) is 4.21. The Morgan fingerprint density at radius 1 is 1.75 bits per heavy atom. The lowest BCUT2D eigenvalue weighted by Gasteiger charge is -2.26. The topological polar surface area (TPSA) is 37.3 Å². The third-order valence-corrected chi connectivity index (χ3v) is 2.77. The van der Waals surface area contributed by atoms with Gasteiger partial charge in [-0.3, -0.25) is 0 Å².